The molecule has 1 rings (SSSR count). The van der Waals surface area contributed by atoms with Gasteiger partial charge in [0.25, 0.3) is 0 Å². The molecule has 1 heteroatoms. The van der Waals surface area contributed by atoms with Gasteiger partial charge < -0.3 is 4.74 Å². The number of benzene rings is 1. The summed E-state index contributed by atoms with van der Waals surface area (Å²) in [6.45, 7) is 9.58. The lowest BCUT2D eigenvalue weighted by atomic mass is 9.93. The Kier molecular flexibility index (Phi) is 5.27. The third-order valence-electron chi connectivity index (χ3n) is 2.67. The molecule has 0 saturated heterocycles. The van der Waals surface area contributed by atoms with Crippen molar-refractivity contribution >= 4 is 0 Å². The van der Waals surface area contributed by atoms with E-state index in [1.54, 1.807) is 0 Å². The summed E-state index contributed by atoms with van der Waals surface area (Å²) >= 11 is 0. The van der Waals surface area contributed by atoms with Crippen LogP contribution in [0.4, 0.5) is 0 Å². The summed E-state index contributed by atoms with van der Waals surface area (Å²) in [5.41, 5.74) is 3.06. The van der Waals surface area contributed by atoms with Crippen LogP contribution in [-0.2, 0) is 11.2 Å². The zero-order valence-electron chi connectivity index (χ0n) is 11.5. The van der Waals surface area contributed by atoms with Gasteiger partial charge in [0, 0.05) is 6.42 Å². The first-order valence-electron chi connectivity index (χ1n) is 6.30. The highest BCUT2D eigenvalue weighted by atomic mass is 16.5. The first kappa shape index (κ1) is 13.8. The Bertz CT molecular complexity index is 358. The predicted octanol–water partition coefficient (Wildman–Crippen LogP) is 4.50. The van der Waals surface area contributed by atoms with E-state index in [1.807, 2.05) is 6.26 Å². The zero-order chi connectivity index (χ0) is 12.7. The van der Waals surface area contributed by atoms with Gasteiger partial charge in [-0.05, 0) is 36.0 Å². The minimum Gasteiger partial charge on any atom is -0.501 e. The van der Waals surface area contributed by atoms with Crippen molar-refractivity contribution in [1.82, 2.24) is 0 Å². The van der Waals surface area contributed by atoms with E-state index in [2.05, 4.69) is 58.0 Å². The van der Waals surface area contributed by atoms with Gasteiger partial charge in [-0.1, -0.05) is 45.0 Å². The van der Waals surface area contributed by atoms with E-state index >= 15 is 0 Å². The normalized spacial score (nSPS) is 12.0. The molecular formula is C16H24O. The molecule has 0 spiro atoms. The van der Waals surface area contributed by atoms with Crippen LogP contribution < -0.4 is 0 Å². The Morgan fingerprint density at radius 3 is 2.53 bits per heavy atom. The third kappa shape index (κ3) is 6.15. The average molecular weight is 232 g/mol. The largest absolute Gasteiger partial charge is 0.501 e. The van der Waals surface area contributed by atoms with Crippen molar-refractivity contribution in [3.05, 3.63) is 47.7 Å². The van der Waals surface area contributed by atoms with Gasteiger partial charge in [-0.3, -0.25) is 0 Å². The van der Waals surface area contributed by atoms with Crippen molar-refractivity contribution in [3.8, 4) is 0 Å². The van der Waals surface area contributed by atoms with Gasteiger partial charge in [-0.15, -0.1) is 0 Å². The molecule has 0 heterocycles. The predicted molar refractivity (Wildman–Crippen MR) is 74.0 cm³/mol. The molecule has 0 aromatic heterocycles. The fourth-order valence-corrected chi connectivity index (χ4v) is 1.60. The van der Waals surface area contributed by atoms with Crippen molar-refractivity contribution in [1.29, 1.82) is 0 Å². The highest BCUT2D eigenvalue weighted by molar-refractivity contribution is 5.25. The van der Waals surface area contributed by atoms with E-state index in [1.165, 1.54) is 11.1 Å². The average Bonchev–Trinajstić information content (AvgIpc) is 2.24. The van der Waals surface area contributed by atoms with Crippen LogP contribution in [0.3, 0.4) is 0 Å². The highest BCUT2D eigenvalue weighted by Gasteiger charge is 2.06. The van der Waals surface area contributed by atoms with E-state index in [0.717, 1.165) is 19.4 Å². The Balaban J connectivity index is 2.23. The molecule has 0 bridgehead atoms. The molecule has 0 atom stereocenters. The van der Waals surface area contributed by atoms with Crippen LogP contribution in [-0.4, -0.2) is 6.61 Å². The molecule has 0 amide bonds. The lowest BCUT2D eigenvalue weighted by Gasteiger charge is -2.14. The number of allylic oxidation sites excluding steroid dienone is 1. The van der Waals surface area contributed by atoms with Crippen LogP contribution in [0.15, 0.2) is 36.6 Å². The monoisotopic (exact) mass is 232 g/mol. The second-order valence-corrected chi connectivity index (χ2v) is 5.68. The van der Waals surface area contributed by atoms with E-state index in [-0.39, 0.29) is 0 Å². The van der Waals surface area contributed by atoms with Gasteiger partial charge in [-0.2, -0.15) is 0 Å². The fourth-order valence-electron chi connectivity index (χ4n) is 1.60. The summed E-state index contributed by atoms with van der Waals surface area (Å²) in [5, 5.41) is 0. The number of aryl methyl sites for hydroxylation is 1. The van der Waals surface area contributed by atoms with Crippen molar-refractivity contribution in [2.45, 2.75) is 40.5 Å². The van der Waals surface area contributed by atoms with Gasteiger partial charge in [0.05, 0.1) is 12.9 Å². The molecular weight excluding hydrogens is 208 g/mol. The van der Waals surface area contributed by atoms with Crippen molar-refractivity contribution < 1.29 is 4.74 Å². The van der Waals surface area contributed by atoms with Gasteiger partial charge in [-0.25, -0.2) is 0 Å². The Morgan fingerprint density at radius 1 is 1.18 bits per heavy atom. The van der Waals surface area contributed by atoms with Crippen LogP contribution in [0, 0.1) is 12.3 Å². The molecule has 1 aromatic rings. The van der Waals surface area contributed by atoms with Crippen LogP contribution >= 0.6 is 0 Å². The second-order valence-electron chi connectivity index (χ2n) is 5.68. The number of rotatable bonds is 5. The summed E-state index contributed by atoms with van der Waals surface area (Å²) in [6.07, 6.45) is 5.98. The molecule has 0 saturated carbocycles. The van der Waals surface area contributed by atoms with Crippen LogP contribution in [0.2, 0.25) is 0 Å². The summed E-state index contributed by atoms with van der Waals surface area (Å²) in [4.78, 5) is 0. The van der Waals surface area contributed by atoms with Gasteiger partial charge in [0.2, 0.25) is 0 Å². The Morgan fingerprint density at radius 2 is 1.88 bits per heavy atom. The van der Waals surface area contributed by atoms with Crippen LogP contribution in [0.25, 0.3) is 0 Å². The molecule has 94 valence electrons. The molecule has 0 fully saturated rings. The van der Waals surface area contributed by atoms with E-state index in [9.17, 15) is 0 Å². The second kappa shape index (κ2) is 6.48. The summed E-state index contributed by atoms with van der Waals surface area (Å²) < 4.78 is 5.51. The molecule has 0 aliphatic rings. The van der Waals surface area contributed by atoms with Gasteiger partial charge in [0.15, 0.2) is 0 Å². The van der Waals surface area contributed by atoms with Gasteiger partial charge >= 0.3 is 0 Å². The molecule has 1 aromatic carbocycles. The lowest BCUT2D eigenvalue weighted by molar-refractivity contribution is 0.250. The SMILES string of the molecule is Cc1ccccc1CCO/C=C\CC(C)(C)C. The van der Waals surface area contributed by atoms with Crippen molar-refractivity contribution in [2.24, 2.45) is 5.41 Å². The quantitative estimate of drug-likeness (QED) is 0.536. The topological polar surface area (TPSA) is 9.23 Å². The molecule has 0 radical (unpaired) electrons. The minimum atomic E-state index is 0.343. The Labute approximate surface area is 106 Å². The summed E-state index contributed by atoms with van der Waals surface area (Å²) in [7, 11) is 0. The Hall–Kier alpha value is -1.24. The smallest absolute Gasteiger partial charge is 0.0913 e. The van der Waals surface area contributed by atoms with Crippen molar-refractivity contribution in [3.63, 3.8) is 0 Å². The van der Waals surface area contributed by atoms with E-state index in [0.29, 0.717) is 5.41 Å². The molecule has 1 nitrogen and oxygen atoms in total. The zero-order valence-corrected chi connectivity index (χ0v) is 11.5. The number of hydrogen-bond donors (Lipinski definition) is 0. The standard InChI is InChI=1S/C16H24O/c1-14-8-5-6-9-15(14)10-13-17-12-7-11-16(2,3)4/h5-9,12H,10-11,13H2,1-4H3/b12-7-. The highest BCUT2D eigenvalue weighted by Crippen LogP contribution is 2.18. The molecule has 0 unspecified atom stereocenters. The van der Waals surface area contributed by atoms with E-state index in [4.69, 9.17) is 4.74 Å². The summed E-state index contributed by atoms with van der Waals surface area (Å²) in [6, 6.07) is 8.46. The number of hydrogen-bond acceptors (Lipinski definition) is 1. The fraction of sp³-hybridized carbons (Fsp3) is 0.500. The summed E-state index contributed by atoms with van der Waals surface area (Å²) in [5.74, 6) is 0. The third-order valence-corrected chi connectivity index (χ3v) is 2.67. The minimum absolute atomic E-state index is 0.343. The maximum atomic E-state index is 5.51. The van der Waals surface area contributed by atoms with Crippen molar-refractivity contribution in [2.75, 3.05) is 6.61 Å². The molecule has 0 aliphatic carbocycles. The first-order valence-corrected chi connectivity index (χ1v) is 6.30. The maximum absolute atomic E-state index is 5.51. The van der Waals surface area contributed by atoms with Gasteiger partial charge in [0.1, 0.15) is 0 Å². The number of ether oxygens (including phenoxy) is 1. The lowest BCUT2D eigenvalue weighted by Crippen LogP contribution is -2.02. The first-order chi connectivity index (χ1) is 7.99. The molecule has 0 aliphatic heterocycles. The molecule has 17 heavy (non-hydrogen) atoms. The van der Waals surface area contributed by atoms with E-state index < -0.39 is 0 Å². The maximum Gasteiger partial charge on any atom is 0.0913 e. The van der Waals surface area contributed by atoms with Crippen LogP contribution in [0.1, 0.15) is 38.3 Å². The molecule has 0 N–H and O–H groups in total. The van der Waals surface area contributed by atoms with Crippen LogP contribution in [0.5, 0.6) is 0 Å².